The standard InChI is InChI=1S/C16H10BrFN2O2S/c17-10-4-5-13(18)12(7-10)15(22)20-16-19-14(8-23-16)9-2-1-3-11(21)6-9/h1-8,21H,(H,19,20,22). The van der Waals surface area contributed by atoms with Crippen molar-refractivity contribution in [1.82, 2.24) is 4.98 Å². The molecule has 4 nitrogen and oxygen atoms in total. The molecule has 0 saturated carbocycles. The summed E-state index contributed by atoms with van der Waals surface area (Å²) in [5, 5.41) is 14.2. The summed E-state index contributed by atoms with van der Waals surface area (Å²) in [7, 11) is 0. The number of halogens is 2. The van der Waals surface area contributed by atoms with Crippen LogP contribution in [-0.2, 0) is 0 Å². The van der Waals surface area contributed by atoms with E-state index in [1.165, 1.54) is 29.5 Å². The van der Waals surface area contributed by atoms with Gasteiger partial charge in [-0.05, 0) is 30.3 Å². The Labute approximate surface area is 143 Å². The summed E-state index contributed by atoms with van der Waals surface area (Å²) in [5.41, 5.74) is 1.29. The lowest BCUT2D eigenvalue weighted by Crippen LogP contribution is -2.13. The van der Waals surface area contributed by atoms with E-state index in [4.69, 9.17) is 0 Å². The number of phenolic OH excluding ortho intramolecular Hbond substituents is 1. The zero-order valence-corrected chi connectivity index (χ0v) is 14.0. The number of hydrogen-bond donors (Lipinski definition) is 2. The van der Waals surface area contributed by atoms with Crippen molar-refractivity contribution >= 4 is 38.3 Å². The van der Waals surface area contributed by atoms with E-state index in [2.05, 4.69) is 26.2 Å². The fraction of sp³-hybridized carbons (Fsp3) is 0. The first-order valence-corrected chi connectivity index (χ1v) is 8.21. The molecule has 116 valence electrons. The molecule has 1 aromatic heterocycles. The highest BCUT2D eigenvalue weighted by molar-refractivity contribution is 9.10. The Morgan fingerprint density at radius 2 is 2.09 bits per heavy atom. The number of anilines is 1. The van der Waals surface area contributed by atoms with Gasteiger partial charge in [-0.1, -0.05) is 28.1 Å². The van der Waals surface area contributed by atoms with E-state index in [0.717, 1.165) is 5.56 Å². The molecular weight excluding hydrogens is 383 g/mol. The largest absolute Gasteiger partial charge is 0.508 e. The van der Waals surface area contributed by atoms with Crippen LogP contribution < -0.4 is 5.32 Å². The van der Waals surface area contributed by atoms with E-state index in [1.807, 2.05) is 0 Å². The molecule has 0 bridgehead atoms. The molecule has 3 rings (SSSR count). The van der Waals surface area contributed by atoms with Crippen molar-refractivity contribution in [2.24, 2.45) is 0 Å². The van der Waals surface area contributed by atoms with Gasteiger partial charge in [0.2, 0.25) is 0 Å². The van der Waals surface area contributed by atoms with Gasteiger partial charge in [-0.25, -0.2) is 9.37 Å². The monoisotopic (exact) mass is 392 g/mol. The van der Waals surface area contributed by atoms with Gasteiger partial charge >= 0.3 is 0 Å². The van der Waals surface area contributed by atoms with Gasteiger partial charge in [0, 0.05) is 15.4 Å². The van der Waals surface area contributed by atoms with Gasteiger partial charge in [0.25, 0.3) is 5.91 Å². The first-order valence-electron chi connectivity index (χ1n) is 6.54. The highest BCUT2D eigenvalue weighted by atomic mass is 79.9. The van der Waals surface area contributed by atoms with Crippen molar-refractivity contribution in [3.8, 4) is 17.0 Å². The third-order valence-electron chi connectivity index (χ3n) is 3.04. The van der Waals surface area contributed by atoms with Crippen LogP contribution in [0.2, 0.25) is 0 Å². The number of nitrogens with zero attached hydrogens (tertiary/aromatic N) is 1. The number of amides is 1. The Balaban J connectivity index is 1.81. The molecule has 2 N–H and O–H groups in total. The predicted molar refractivity (Wildman–Crippen MR) is 91.3 cm³/mol. The van der Waals surface area contributed by atoms with Gasteiger partial charge in [-0.15, -0.1) is 11.3 Å². The minimum Gasteiger partial charge on any atom is -0.508 e. The predicted octanol–water partition coefficient (Wildman–Crippen LogP) is 4.67. The third kappa shape index (κ3) is 3.57. The average molecular weight is 393 g/mol. The van der Waals surface area contributed by atoms with Gasteiger partial charge in [0.1, 0.15) is 11.6 Å². The van der Waals surface area contributed by atoms with E-state index in [-0.39, 0.29) is 11.3 Å². The van der Waals surface area contributed by atoms with Crippen LogP contribution in [0.3, 0.4) is 0 Å². The van der Waals surface area contributed by atoms with Crippen molar-refractivity contribution in [2.75, 3.05) is 5.32 Å². The second-order valence-electron chi connectivity index (χ2n) is 4.67. The van der Waals surface area contributed by atoms with Crippen molar-refractivity contribution in [1.29, 1.82) is 0 Å². The molecule has 1 heterocycles. The van der Waals surface area contributed by atoms with Crippen molar-refractivity contribution in [3.05, 3.63) is 63.7 Å². The zero-order chi connectivity index (χ0) is 16.4. The molecule has 0 radical (unpaired) electrons. The van der Waals surface area contributed by atoms with Gasteiger partial charge in [0.15, 0.2) is 5.13 Å². The lowest BCUT2D eigenvalue weighted by Gasteiger charge is -2.03. The number of aromatic hydroxyl groups is 1. The summed E-state index contributed by atoms with van der Waals surface area (Å²) in [6.07, 6.45) is 0. The number of thiazole rings is 1. The fourth-order valence-corrected chi connectivity index (χ4v) is 3.04. The van der Waals surface area contributed by atoms with E-state index in [0.29, 0.717) is 15.3 Å². The Morgan fingerprint density at radius 3 is 2.87 bits per heavy atom. The number of rotatable bonds is 3. The summed E-state index contributed by atoms with van der Waals surface area (Å²) < 4.78 is 14.3. The number of aromatic nitrogens is 1. The number of benzene rings is 2. The van der Waals surface area contributed by atoms with Crippen molar-refractivity contribution < 1.29 is 14.3 Å². The van der Waals surface area contributed by atoms with Crippen LogP contribution in [0.4, 0.5) is 9.52 Å². The van der Waals surface area contributed by atoms with Crippen molar-refractivity contribution in [2.45, 2.75) is 0 Å². The van der Waals surface area contributed by atoms with Crippen LogP contribution in [0.25, 0.3) is 11.3 Å². The fourth-order valence-electron chi connectivity index (χ4n) is 1.96. The summed E-state index contributed by atoms with van der Waals surface area (Å²) in [5.74, 6) is -1.03. The maximum atomic E-state index is 13.7. The number of carbonyl (C=O) groups excluding carboxylic acids is 1. The van der Waals surface area contributed by atoms with Crippen LogP contribution >= 0.6 is 27.3 Å². The molecule has 1 amide bonds. The first kappa shape index (κ1) is 15.6. The maximum absolute atomic E-state index is 13.7. The first-order chi connectivity index (χ1) is 11.0. The van der Waals surface area contributed by atoms with Crippen LogP contribution in [0.5, 0.6) is 5.75 Å². The van der Waals surface area contributed by atoms with Gasteiger partial charge in [-0.3, -0.25) is 10.1 Å². The molecule has 2 aromatic carbocycles. The molecular formula is C16H10BrFN2O2S. The van der Waals surface area contributed by atoms with Crippen LogP contribution in [0.15, 0.2) is 52.3 Å². The summed E-state index contributed by atoms with van der Waals surface area (Å²) in [6, 6.07) is 10.8. The maximum Gasteiger partial charge on any atom is 0.260 e. The van der Waals surface area contributed by atoms with E-state index in [1.54, 1.807) is 29.6 Å². The highest BCUT2D eigenvalue weighted by Gasteiger charge is 2.14. The molecule has 3 aromatic rings. The third-order valence-corrected chi connectivity index (χ3v) is 4.29. The second kappa shape index (κ2) is 6.47. The molecule has 0 atom stereocenters. The Morgan fingerprint density at radius 1 is 1.26 bits per heavy atom. The van der Waals surface area contributed by atoms with E-state index < -0.39 is 11.7 Å². The Kier molecular flexibility index (Phi) is 4.40. The average Bonchev–Trinajstić information content (AvgIpc) is 2.98. The topological polar surface area (TPSA) is 62.2 Å². The highest BCUT2D eigenvalue weighted by Crippen LogP contribution is 2.27. The molecule has 0 fully saturated rings. The van der Waals surface area contributed by atoms with Crippen LogP contribution in [-0.4, -0.2) is 16.0 Å². The number of nitrogens with one attached hydrogen (secondary N) is 1. The number of carbonyl (C=O) groups is 1. The zero-order valence-electron chi connectivity index (χ0n) is 11.6. The Bertz CT molecular complexity index is 882. The van der Waals surface area contributed by atoms with Gasteiger partial charge < -0.3 is 5.11 Å². The lowest BCUT2D eigenvalue weighted by molar-refractivity contribution is 0.102. The molecule has 23 heavy (non-hydrogen) atoms. The number of phenols is 1. The SMILES string of the molecule is O=C(Nc1nc(-c2cccc(O)c2)cs1)c1cc(Br)ccc1F. The summed E-state index contributed by atoms with van der Waals surface area (Å²) >= 11 is 4.43. The lowest BCUT2D eigenvalue weighted by atomic mass is 10.2. The minimum atomic E-state index is -0.601. The Hall–Kier alpha value is -2.25. The van der Waals surface area contributed by atoms with Gasteiger partial charge in [0.05, 0.1) is 11.3 Å². The molecule has 0 aliphatic rings. The smallest absolute Gasteiger partial charge is 0.260 e. The van der Waals surface area contributed by atoms with Crippen LogP contribution in [0, 0.1) is 5.82 Å². The molecule has 0 saturated heterocycles. The normalized spacial score (nSPS) is 10.5. The van der Waals surface area contributed by atoms with E-state index in [9.17, 15) is 14.3 Å². The molecule has 0 unspecified atom stereocenters. The molecule has 0 aliphatic heterocycles. The summed E-state index contributed by atoms with van der Waals surface area (Å²) in [6.45, 7) is 0. The molecule has 0 spiro atoms. The van der Waals surface area contributed by atoms with E-state index >= 15 is 0 Å². The molecule has 0 aliphatic carbocycles. The second-order valence-corrected chi connectivity index (χ2v) is 6.44. The van der Waals surface area contributed by atoms with Crippen molar-refractivity contribution in [3.63, 3.8) is 0 Å². The summed E-state index contributed by atoms with van der Waals surface area (Å²) in [4.78, 5) is 16.4. The molecule has 7 heteroatoms. The minimum absolute atomic E-state index is 0.0616. The van der Waals surface area contributed by atoms with Gasteiger partial charge in [-0.2, -0.15) is 0 Å². The van der Waals surface area contributed by atoms with Crippen LogP contribution in [0.1, 0.15) is 10.4 Å². The quantitative estimate of drug-likeness (QED) is 0.680. The number of hydrogen-bond acceptors (Lipinski definition) is 4.